The van der Waals surface area contributed by atoms with Gasteiger partial charge in [0.25, 0.3) is 0 Å². The first-order valence-electron chi connectivity index (χ1n) is 23.7. The van der Waals surface area contributed by atoms with Crippen LogP contribution in [0.3, 0.4) is 0 Å². The number of esters is 2. The monoisotopic (exact) mass is 827 g/mol. The Morgan fingerprint density at radius 2 is 0.717 bits per heavy atom. The van der Waals surface area contributed by atoms with Gasteiger partial charge < -0.3 is 14.6 Å². The molecule has 0 heterocycles. The van der Waals surface area contributed by atoms with Crippen LogP contribution in [0.15, 0.2) is 134 Å². The number of unbranched alkanes of at least 4 members (excludes halogenated alkanes) is 11. The van der Waals surface area contributed by atoms with E-state index in [0.717, 1.165) is 103 Å². The summed E-state index contributed by atoms with van der Waals surface area (Å²) >= 11 is 0. The predicted octanol–water partition coefficient (Wildman–Crippen LogP) is 15.7. The lowest BCUT2D eigenvalue weighted by Crippen LogP contribution is -2.28. The van der Waals surface area contributed by atoms with Crippen LogP contribution in [0.2, 0.25) is 0 Å². The zero-order chi connectivity index (χ0) is 43.5. The number of ether oxygens (including phenoxy) is 2. The maximum Gasteiger partial charge on any atom is 0.306 e. The maximum absolute atomic E-state index is 12.2. The second kappa shape index (κ2) is 49.4. The first kappa shape index (κ1) is 56.0. The molecule has 60 heavy (non-hydrogen) atoms. The second-order valence-electron chi connectivity index (χ2n) is 15.1. The first-order chi connectivity index (χ1) is 29.6. The fourth-order valence-electron chi connectivity index (χ4n) is 5.87. The van der Waals surface area contributed by atoms with Crippen molar-refractivity contribution in [2.24, 2.45) is 0 Å². The second-order valence-corrected chi connectivity index (χ2v) is 15.1. The summed E-state index contributed by atoms with van der Waals surface area (Å²) in [4.78, 5) is 24.4. The van der Waals surface area contributed by atoms with Gasteiger partial charge >= 0.3 is 11.9 Å². The Morgan fingerprint density at radius 3 is 1.12 bits per heavy atom. The van der Waals surface area contributed by atoms with Crippen molar-refractivity contribution in [1.29, 1.82) is 0 Å². The molecule has 0 aromatic rings. The third-order valence-corrected chi connectivity index (χ3v) is 9.43. The van der Waals surface area contributed by atoms with Crippen LogP contribution < -0.4 is 0 Å². The lowest BCUT2D eigenvalue weighted by atomic mass is 10.1. The largest absolute Gasteiger partial charge is 0.462 e. The summed E-state index contributed by atoms with van der Waals surface area (Å²) < 4.78 is 10.6. The molecule has 0 aromatic heterocycles. The van der Waals surface area contributed by atoms with E-state index in [1.165, 1.54) is 44.9 Å². The fourth-order valence-corrected chi connectivity index (χ4v) is 5.87. The van der Waals surface area contributed by atoms with Gasteiger partial charge in [-0.1, -0.05) is 186 Å². The Hall–Kier alpha value is -3.96. The van der Waals surface area contributed by atoms with Gasteiger partial charge in [0, 0.05) is 12.8 Å². The van der Waals surface area contributed by atoms with Gasteiger partial charge in [0.05, 0.1) is 6.61 Å². The van der Waals surface area contributed by atoms with Gasteiger partial charge in [-0.25, -0.2) is 0 Å². The van der Waals surface area contributed by atoms with Crippen LogP contribution in [0.25, 0.3) is 0 Å². The number of allylic oxidation sites excluding steroid dienone is 22. The van der Waals surface area contributed by atoms with E-state index in [1.54, 1.807) is 0 Å². The summed E-state index contributed by atoms with van der Waals surface area (Å²) in [6, 6.07) is 0. The molecule has 0 radical (unpaired) electrons. The molecule has 1 atom stereocenters. The molecule has 0 saturated heterocycles. The first-order valence-corrected chi connectivity index (χ1v) is 23.7. The molecular weight excluding hydrogens is 741 g/mol. The van der Waals surface area contributed by atoms with E-state index in [-0.39, 0.29) is 31.6 Å². The number of rotatable bonds is 41. The van der Waals surface area contributed by atoms with Gasteiger partial charge in [-0.3, -0.25) is 9.59 Å². The minimum Gasteiger partial charge on any atom is -0.462 e. The highest BCUT2D eigenvalue weighted by Crippen LogP contribution is 2.11. The molecule has 0 amide bonds. The molecule has 0 aromatic carbocycles. The maximum atomic E-state index is 12.2. The molecule has 0 rings (SSSR count). The van der Waals surface area contributed by atoms with Gasteiger partial charge in [-0.15, -0.1) is 0 Å². The SMILES string of the molecule is CC/C=C\C/C=C\C/C=C\C/C=C\C/C=C\C/C=C\C/C=C\C/C=C\CCCCC(=O)OC(CO)COC(=O)CCCCCCCC/C=C\C/C=C\C/C=C\CCCCC. The number of aliphatic hydroxyl groups excluding tert-OH is 1. The minimum absolute atomic E-state index is 0.100. The Bertz CT molecular complexity index is 1300. The summed E-state index contributed by atoms with van der Waals surface area (Å²) in [6.45, 7) is 3.93. The molecule has 1 unspecified atom stereocenters. The number of aliphatic hydroxyl groups is 1. The molecule has 1 N–H and O–H groups in total. The summed E-state index contributed by atoms with van der Waals surface area (Å²) in [7, 11) is 0. The highest BCUT2D eigenvalue weighted by Gasteiger charge is 2.16. The molecule has 0 aliphatic heterocycles. The Kier molecular flexibility index (Phi) is 46.1. The Balaban J connectivity index is 3.72. The average molecular weight is 827 g/mol. The van der Waals surface area contributed by atoms with Crippen molar-refractivity contribution in [3.8, 4) is 0 Å². The van der Waals surface area contributed by atoms with Crippen LogP contribution in [-0.2, 0) is 19.1 Å². The molecule has 336 valence electrons. The summed E-state index contributed by atoms with van der Waals surface area (Å²) in [5, 5.41) is 9.60. The van der Waals surface area contributed by atoms with Crippen molar-refractivity contribution in [3.63, 3.8) is 0 Å². The smallest absolute Gasteiger partial charge is 0.306 e. The highest BCUT2D eigenvalue weighted by molar-refractivity contribution is 5.70. The lowest BCUT2D eigenvalue weighted by molar-refractivity contribution is -0.161. The van der Waals surface area contributed by atoms with Gasteiger partial charge in [0.1, 0.15) is 6.61 Å². The van der Waals surface area contributed by atoms with E-state index in [0.29, 0.717) is 12.8 Å². The van der Waals surface area contributed by atoms with Crippen molar-refractivity contribution in [1.82, 2.24) is 0 Å². The van der Waals surface area contributed by atoms with E-state index < -0.39 is 6.10 Å². The minimum atomic E-state index is -0.812. The van der Waals surface area contributed by atoms with E-state index in [2.05, 4.69) is 148 Å². The Labute approximate surface area is 368 Å². The molecule has 0 saturated carbocycles. The van der Waals surface area contributed by atoms with Crippen molar-refractivity contribution in [2.75, 3.05) is 13.2 Å². The summed E-state index contributed by atoms with van der Waals surface area (Å²) in [5.41, 5.74) is 0. The van der Waals surface area contributed by atoms with E-state index in [1.807, 2.05) is 0 Å². The van der Waals surface area contributed by atoms with Crippen LogP contribution >= 0.6 is 0 Å². The average Bonchev–Trinajstić information content (AvgIpc) is 3.25. The van der Waals surface area contributed by atoms with E-state index in [9.17, 15) is 14.7 Å². The summed E-state index contributed by atoms with van der Waals surface area (Å²) in [5.74, 6) is -0.669. The number of carbonyl (C=O) groups is 2. The third-order valence-electron chi connectivity index (χ3n) is 9.43. The third kappa shape index (κ3) is 46.7. The molecule has 5 nitrogen and oxygen atoms in total. The van der Waals surface area contributed by atoms with E-state index in [4.69, 9.17) is 9.47 Å². The molecule has 0 spiro atoms. The molecule has 0 bridgehead atoms. The summed E-state index contributed by atoms with van der Waals surface area (Å²) in [6.07, 6.45) is 73.8. The zero-order valence-corrected chi connectivity index (χ0v) is 38.2. The normalized spacial score (nSPS) is 13.4. The Morgan fingerprint density at radius 1 is 0.400 bits per heavy atom. The van der Waals surface area contributed by atoms with Crippen LogP contribution in [0, 0.1) is 0 Å². The molecule has 5 heteroatoms. The lowest BCUT2D eigenvalue weighted by Gasteiger charge is -2.15. The van der Waals surface area contributed by atoms with Crippen LogP contribution in [0.4, 0.5) is 0 Å². The predicted molar refractivity (Wildman–Crippen MR) is 260 cm³/mol. The molecule has 0 aliphatic carbocycles. The zero-order valence-electron chi connectivity index (χ0n) is 38.2. The van der Waals surface area contributed by atoms with Crippen LogP contribution in [0.1, 0.15) is 181 Å². The number of hydrogen-bond acceptors (Lipinski definition) is 5. The molecule has 0 fully saturated rings. The van der Waals surface area contributed by atoms with Gasteiger partial charge in [-0.2, -0.15) is 0 Å². The topological polar surface area (TPSA) is 72.8 Å². The number of carbonyl (C=O) groups excluding carboxylic acids is 2. The van der Waals surface area contributed by atoms with Crippen LogP contribution in [-0.4, -0.2) is 36.4 Å². The van der Waals surface area contributed by atoms with Crippen molar-refractivity contribution >= 4 is 11.9 Å². The van der Waals surface area contributed by atoms with Crippen molar-refractivity contribution in [3.05, 3.63) is 134 Å². The van der Waals surface area contributed by atoms with E-state index >= 15 is 0 Å². The molecular formula is C55H86O5. The fraction of sp³-hybridized carbons (Fsp3) is 0.564. The van der Waals surface area contributed by atoms with Gasteiger partial charge in [-0.05, 0) is 116 Å². The van der Waals surface area contributed by atoms with Crippen molar-refractivity contribution in [2.45, 2.75) is 187 Å². The quantitative estimate of drug-likeness (QED) is 0.0378. The van der Waals surface area contributed by atoms with Gasteiger partial charge in [0.15, 0.2) is 6.10 Å². The van der Waals surface area contributed by atoms with Crippen molar-refractivity contribution < 1.29 is 24.2 Å². The number of hydrogen-bond donors (Lipinski definition) is 1. The molecule has 0 aliphatic rings. The van der Waals surface area contributed by atoms with Crippen LogP contribution in [0.5, 0.6) is 0 Å². The van der Waals surface area contributed by atoms with Gasteiger partial charge in [0.2, 0.25) is 0 Å². The standard InChI is InChI=1S/C55H86O5/c1-3-5-7-9-11-13-15-17-19-21-23-24-25-26-27-28-29-30-32-34-36-38-40-42-44-46-48-50-55(58)60-53(51-56)52-59-54(57)49-47-45-43-41-39-37-35-33-31-22-20-18-16-14-12-10-8-6-4-2/h5,7,11-14,17-20,23-24,26-27,29-31,33-34,36,40,42,53,56H,3-4,6,8-10,15-16,21-22,25,28,32,35,37-39,41,43-52H2,1-2H3/b7-5-,13-11-,14-12-,19-17-,20-18-,24-23-,27-26-,30-29-,33-31-,36-34-,42-40-. The highest BCUT2D eigenvalue weighted by atomic mass is 16.6.